The number of carbonyl (C=O) groups is 1. The first kappa shape index (κ1) is 23.2. The maximum Gasteiger partial charge on any atom is 0.226 e. The molecule has 0 saturated carbocycles. The fourth-order valence-corrected chi connectivity index (χ4v) is 3.72. The molecule has 4 rings (SSSR count). The number of benzene rings is 2. The lowest BCUT2D eigenvalue weighted by molar-refractivity contribution is -0.121. The summed E-state index contributed by atoms with van der Waals surface area (Å²) in [5.41, 5.74) is 3.70. The molecule has 2 heterocycles. The monoisotopic (exact) mass is 459 g/mol. The summed E-state index contributed by atoms with van der Waals surface area (Å²) < 4.78 is 18.8. The Kier molecular flexibility index (Phi) is 7.32. The van der Waals surface area contributed by atoms with Crippen LogP contribution in [0, 0.1) is 6.92 Å². The molecule has 2 aromatic heterocycles. The summed E-state index contributed by atoms with van der Waals surface area (Å²) in [6, 6.07) is 19.2. The number of furan rings is 1. The van der Waals surface area contributed by atoms with Gasteiger partial charge < -0.3 is 19.2 Å². The SMILES string of the molecule is CCc1nn(-c2ccc(OC)cc2)c(Oc2ccccc2C)c1CCC(=O)NCc1ccco1. The molecule has 2 aromatic carbocycles. The van der Waals surface area contributed by atoms with Crippen LogP contribution in [0.4, 0.5) is 0 Å². The van der Waals surface area contributed by atoms with Crippen LogP contribution in [0.15, 0.2) is 71.3 Å². The smallest absolute Gasteiger partial charge is 0.226 e. The first-order chi connectivity index (χ1) is 16.6. The van der Waals surface area contributed by atoms with Gasteiger partial charge in [0.05, 0.1) is 31.3 Å². The van der Waals surface area contributed by atoms with Gasteiger partial charge in [-0.1, -0.05) is 25.1 Å². The third-order valence-electron chi connectivity index (χ3n) is 5.61. The van der Waals surface area contributed by atoms with Crippen LogP contribution in [0.25, 0.3) is 5.69 Å². The summed E-state index contributed by atoms with van der Waals surface area (Å²) in [5.74, 6) is 2.80. The predicted octanol–water partition coefficient (Wildman–Crippen LogP) is 5.39. The highest BCUT2D eigenvalue weighted by atomic mass is 16.5. The molecule has 0 fully saturated rings. The van der Waals surface area contributed by atoms with Crippen molar-refractivity contribution in [2.24, 2.45) is 0 Å². The van der Waals surface area contributed by atoms with Gasteiger partial charge in [-0.2, -0.15) is 5.10 Å². The minimum Gasteiger partial charge on any atom is -0.497 e. The van der Waals surface area contributed by atoms with Crippen LogP contribution < -0.4 is 14.8 Å². The summed E-state index contributed by atoms with van der Waals surface area (Å²) in [5, 5.41) is 7.76. The number of hydrogen-bond acceptors (Lipinski definition) is 5. The Labute approximate surface area is 199 Å². The number of nitrogens with one attached hydrogen (secondary N) is 1. The van der Waals surface area contributed by atoms with E-state index in [0.717, 1.165) is 46.2 Å². The fourth-order valence-electron chi connectivity index (χ4n) is 3.72. The lowest BCUT2D eigenvalue weighted by atomic mass is 10.1. The molecule has 0 atom stereocenters. The molecule has 0 aliphatic rings. The van der Waals surface area contributed by atoms with Gasteiger partial charge in [0.25, 0.3) is 0 Å². The van der Waals surface area contributed by atoms with Gasteiger partial charge in [0, 0.05) is 12.0 Å². The third kappa shape index (κ3) is 5.31. The van der Waals surface area contributed by atoms with Crippen LogP contribution >= 0.6 is 0 Å². The van der Waals surface area contributed by atoms with E-state index in [1.54, 1.807) is 24.1 Å². The highest BCUT2D eigenvalue weighted by molar-refractivity contribution is 5.76. The molecule has 7 nitrogen and oxygen atoms in total. The zero-order valence-corrected chi connectivity index (χ0v) is 19.7. The largest absolute Gasteiger partial charge is 0.497 e. The number of aryl methyl sites for hydroxylation is 2. The lowest BCUT2D eigenvalue weighted by Crippen LogP contribution is -2.22. The maximum absolute atomic E-state index is 12.5. The Morgan fingerprint density at radius 1 is 1.09 bits per heavy atom. The highest BCUT2D eigenvalue weighted by Crippen LogP contribution is 2.33. The van der Waals surface area contributed by atoms with Gasteiger partial charge >= 0.3 is 0 Å². The molecule has 1 amide bonds. The van der Waals surface area contributed by atoms with Crippen molar-refractivity contribution in [2.75, 3.05) is 7.11 Å². The second-order valence-corrected chi connectivity index (χ2v) is 7.92. The van der Waals surface area contributed by atoms with Crippen molar-refractivity contribution in [3.63, 3.8) is 0 Å². The predicted molar refractivity (Wildman–Crippen MR) is 130 cm³/mol. The van der Waals surface area contributed by atoms with Crippen molar-refractivity contribution in [1.82, 2.24) is 15.1 Å². The molecular formula is C27H29N3O4. The van der Waals surface area contributed by atoms with Gasteiger partial charge in [-0.15, -0.1) is 0 Å². The molecule has 4 aromatic rings. The van der Waals surface area contributed by atoms with Gasteiger partial charge in [0.15, 0.2) is 0 Å². The van der Waals surface area contributed by atoms with Crippen molar-refractivity contribution < 1.29 is 18.7 Å². The second-order valence-electron chi connectivity index (χ2n) is 7.92. The number of aromatic nitrogens is 2. The molecule has 176 valence electrons. The first-order valence-corrected chi connectivity index (χ1v) is 11.4. The van der Waals surface area contributed by atoms with E-state index >= 15 is 0 Å². The zero-order chi connectivity index (χ0) is 23.9. The molecule has 0 saturated heterocycles. The van der Waals surface area contributed by atoms with E-state index in [9.17, 15) is 4.79 Å². The van der Waals surface area contributed by atoms with Crippen LogP contribution in [0.2, 0.25) is 0 Å². The molecule has 0 spiro atoms. The Morgan fingerprint density at radius 2 is 1.88 bits per heavy atom. The number of nitrogens with zero attached hydrogens (tertiary/aromatic N) is 2. The molecular weight excluding hydrogens is 430 g/mol. The van der Waals surface area contributed by atoms with Crippen molar-refractivity contribution in [3.8, 4) is 23.1 Å². The molecule has 0 unspecified atom stereocenters. The lowest BCUT2D eigenvalue weighted by Gasteiger charge is -2.13. The fraction of sp³-hybridized carbons (Fsp3) is 0.259. The molecule has 0 radical (unpaired) electrons. The van der Waals surface area contributed by atoms with Crippen LogP contribution in [0.5, 0.6) is 17.4 Å². The van der Waals surface area contributed by atoms with Crippen LogP contribution in [-0.2, 0) is 24.2 Å². The number of para-hydroxylation sites is 1. The van der Waals surface area contributed by atoms with Crippen LogP contribution in [-0.4, -0.2) is 22.8 Å². The summed E-state index contributed by atoms with van der Waals surface area (Å²) in [4.78, 5) is 12.5. The Bertz CT molecular complexity index is 1230. The summed E-state index contributed by atoms with van der Waals surface area (Å²) >= 11 is 0. The molecule has 34 heavy (non-hydrogen) atoms. The van der Waals surface area contributed by atoms with Gasteiger partial charge in [0.1, 0.15) is 17.3 Å². The summed E-state index contributed by atoms with van der Waals surface area (Å²) in [7, 11) is 1.64. The Morgan fingerprint density at radius 3 is 2.56 bits per heavy atom. The number of methoxy groups -OCH3 is 1. The van der Waals surface area contributed by atoms with Gasteiger partial charge in [-0.25, -0.2) is 4.68 Å². The molecule has 0 aliphatic carbocycles. The van der Waals surface area contributed by atoms with Crippen LogP contribution in [0.1, 0.15) is 35.9 Å². The second kappa shape index (κ2) is 10.7. The van der Waals surface area contributed by atoms with Crippen LogP contribution in [0.3, 0.4) is 0 Å². The van der Waals surface area contributed by atoms with Crippen molar-refractivity contribution in [1.29, 1.82) is 0 Å². The van der Waals surface area contributed by atoms with Crippen molar-refractivity contribution in [2.45, 2.75) is 39.7 Å². The minimum atomic E-state index is -0.0579. The van der Waals surface area contributed by atoms with E-state index in [1.165, 1.54) is 0 Å². The number of hydrogen-bond donors (Lipinski definition) is 1. The average Bonchev–Trinajstić information content (AvgIpc) is 3.51. The van der Waals surface area contributed by atoms with Gasteiger partial charge in [0.2, 0.25) is 11.8 Å². The number of rotatable bonds is 10. The average molecular weight is 460 g/mol. The zero-order valence-electron chi connectivity index (χ0n) is 19.7. The molecule has 0 bridgehead atoms. The Hall–Kier alpha value is -4.00. The van der Waals surface area contributed by atoms with E-state index in [0.29, 0.717) is 25.3 Å². The molecule has 7 heteroatoms. The summed E-state index contributed by atoms with van der Waals surface area (Å²) in [6.07, 6.45) is 3.13. The molecule has 0 aliphatic heterocycles. The maximum atomic E-state index is 12.5. The van der Waals surface area contributed by atoms with E-state index in [1.807, 2.05) is 61.5 Å². The van der Waals surface area contributed by atoms with E-state index in [-0.39, 0.29) is 5.91 Å². The quantitative estimate of drug-likeness (QED) is 0.344. The van der Waals surface area contributed by atoms with Crippen molar-refractivity contribution in [3.05, 3.63) is 89.5 Å². The highest BCUT2D eigenvalue weighted by Gasteiger charge is 2.21. The van der Waals surface area contributed by atoms with Gasteiger partial charge in [-0.3, -0.25) is 4.79 Å². The first-order valence-electron chi connectivity index (χ1n) is 11.4. The Balaban J connectivity index is 1.63. The molecule has 1 N–H and O–H groups in total. The number of amides is 1. The van der Waals surface area contributed by atoms with Gasteiger partial charge in [-0.05, 0) is 67.8 Å². The topological polar surface area (TPSA) is 78.5 Å². The third-order valence-corrected chi connectivity index (χ3v) is 5.61. The number of ether oxygens (including phenoxy) is 2. The normalized spacial score (nSPS) is 10.8. The van der Waals surface area contributed by atoms with E-state index < -0.39 is 0 Å². The van der Waals surface area contributed by atoms with E-state index in [2.05, 4.69) is 12.2 Å². The number of carbonyl (C=O) groups excluding carboxylic acids is 1. The van der Waals surface area contributed by atoms with E-state index in [4.69, 9.17) is 19.0 Å². The standard InChI is InChI=1S/C27H29N3O4/c1-4-24-23(15-16-26(31)28-18-22-9-7-17-33-22)27(34-25-10-6-5-8-19(25)2)30(29-24)20-11-13-21(32-3)14-12-20/h5-14,17H,4,15-16,18H2,1-3H3,(H,28,31). The minimum absolute atomic E-state index is 0.0579. The summed E-state index contributed by atoms with van der Waals surface area (Å²) in [6.45, 7) is 4.43. The van der Waals surface area contributed by atoms with Crippen molar-refractivity contribution >= 4 is 5.91 Å².